The summed E-state index contributed by atoms with van der Waals surface area (Å²) in [6, 6.07) is 14.9. The monoisotopic (exact) mass is 274 g/mol. The fraction of sp³-hybridized carbons (Fsp3) is 0.133. The van der Waals surface area contributed by atoms with Crippen LogP contribution < -0.4 is 4.74 Å². The van der Waals surface area contributed by atoms with Crippen LogP contribution in [0.4, 0.5) is 0 Å². The predicted octanol–water partition coefficient (Wildman–Crippen LogP) is 3.78. The zero-order valence-electron chi connectivity index (χ0n) is 10.5. The van der Waals surface area contributed by atoms with Crippen molar-refractivity contribution in [3.05, 3.63) is 64.7 Å². The van der Waals surface area contributed by atoms with Crippen LogP contribution in [0.15, 0.2) is 53.7 Å². The summed E-state index contributed by atoms with van der Waals surface area (Å²) < 4.78 is 5.13. The predicted molar refractivity (Wildman–Crippen MR) is 75.8 cm³/mol. The Morgan fingerprint density at radius 3 is 2.79 bits per heavy atom. The lowest BCUT2D eigenvalue weighted by Crippen LogP contribution is -1.90. The topological polar surface area (TPSA) is 30.8 Å². The number of nitrogens with zero attached hydrogens (tertiary/aromatic N) is 1. The van der Waals surface area contributed by atoms with Crippen molar-refractivity contribution in [3.63, 3.8) is 0 Å². The van der Waals surface area contributed by atoms with Gasteiger partial charge in [0.15, 0.2) is 0 Å². The second kappa shape index (κ2) is 6.81. The summed E-state index contributed by atoms with van der Waals surface area (Å²) in [6.45, 7) is 0.356. The summed E-state index contributed by atoms with van der Waals surface area (Å²) in [5, 5.41) is 4.37. The van der Waals surface area contributed by atoms with Gasteiger partial charge in [-0.2, -0.15) is 0 Å². The lowest BCUT2D eigenvalue weighted by atomic mass is 10.2. The molecule has 0 spiro atoms. The SMILES string of the molecule is COc1cccc(CO/N=[C]\c2ccccc2Cl)c1. The molecular weight excluding hydrogens is 262 g/mol. The van der Waals surface area contributed by atoms with E-state index in [4.69, 9.17) is 21.2 Å². The molecule has 0 bridgehead atoms. The zero-order chi connectivity index (χ0) is 13.5. The first kappa shape index (κ1) is 13.4. The molecule has 0 aliphatic carbocycles. The Labute approximate surface area is 117 Å². The molecule has 2 aromatic rings. The van der Waals surface area contributed by atoms with Gasteiger partial charge >= 0.3 is 0 Å². The van der Waals surface area contributed by atoms with Crippen LogP contribution in [0.2, 0.25) is 5.02 Å². The molecule has 0 aliphatic heterocycles. The summed E-state index contributed by atoms with van der Waals surface area (Å²) in [6.07, 6.45) is 2.75. The molecule has 0 unspecified atom stereocenters. The van der Waals surface area contributed by atoms with Crippen LogP contribution in [0.5, 0.6) is 5.75 Å². The lowest BCUT2D eigenvalue weighted by molar-refractivity contribution is 0.132. The van der Waals surface area contributed by atoms with Gasteiger partial charge in [-0.15, -0.1) is 0 Å². The molecule has 0 saturated heterocycles. The van der Waals surface area contributed by atoms with Gasteiger partial charge in [0.2, 0.25) is 0 Å². The van der Waals surface area contributed by atoms with Crippen LogP contribution in [0.1, 0.15) is 11.1 Å². The number of methoxy groups -OCH3 is 1. The maximum Gasteiger partial charge on any atom is 0.142 e. The second-order valence-corrected chi connectivity index (χ2v) is 4.22. The molecule has 0 N–H and O–H groups in total. The summed E-state index contributed by atoms with van der Waals surface area (Å²) >= 11 is 5.97. The molecule has 0 aliphatic rings. The minimum Gasteiger partial charge on any atom is -0.497 e. The number of ether oxygens (including phenoxy) is 1. The number of halogens is 1. The highest BCUT2D eigenvalue weighted by molar-refractivity contribution is 6.33. The molecule has 19 heavy (non-hydrogen) atoms. The molecule has 0 atom stereocenters. The van der Waals surface area contributed by atoms with Crippen molar-refractivity contribution in [2.75, 3.05) is 7.11 Å². The van der Waals surface area contributed by atoms with E-state index in [1.165, 1.54) is 0 Å². The first-order valence-corrected chi connectivity index (χ1v) is 6.13. The van der Waals surface area contributed by atoms with Gasteiger partial charge in [0.05, 0.1) is 12.1 Å². The van der Waals surface area contributed by atoms with Crippen molar-refractivity contribution in [1.29, 1.82) is 0 Å². The Morgan fingerprint density at radius 1 is 1.16 bits per heavy atom. The van der Waals surface area contributed by atoms with Gasteiger partial charge < -0.3 is 9.57 Å². The summed E-state index contributed by atoms with van der Waals surface area (Å²) in [4.78, 5) is 5.18. The number of hydrogen-bond donors (Lipinski definition) is 0. The van der Waals surface area contributed by atoms with Gasteiger partial charge in [-0.25, -0.2) is 0 Å². The van der Waals surface area contributed by atoms with Crippen molar-refractivity contribution >= 4 is 17.8 Å². The fourth-order valence-electron chi connectivity index (χ4n) is 1.50. The summed E-state index contributed by atoms with van der Waals surface area (Å²) in [5.74, 6) is 0.792. The van der Waals surface area contributed by atoms with E-state index in [-0.39, 0.29) is 0 Å². The van der Waals surface area contributed by atoms with E-state index in [0.717, 1.165) is 11.3 Å². The minimum atomic E-state index is 0.356. The molecule has 1 radical (unpaired) electrons. The quantitative estimate of drug-likeness (QED) is 0.614. The highest BCUT2D eigenvalue weighted by Gasteiger charge is 1.97. The molecule has 0 amide bonds. The average molecular weight is 275 g/mol. The van der Waals surface area contributed by atoms with E-state index in [2.05, 4.69) is 11.4 Å². The van der Waals surface area contributed by atoms with Gasteiger partial charge in [0, 0.05) is 5.56 Å². The third kappa shape index (κ3) is 4.00. The third-order valence-electron chi connectivity index (χ3n) is 2.47. The minimum absolute atomic E-state index is 0.356. The first-order chi connectivity index (χ1) is 9.29. The highest BCUT2D eigenvalue weighted by atomic mass is 35.5. The normalized spacial score (nSPS) is 10.6. The molecule has 97 valence electrons. The van der Waals surface area contributed by atoms with Crippen molar-refractivity contribution in [1.82, 2.24) is 0 Å². The molecule has 0 fully saturated rings. The number of hydrogen-bond acceptors (Lipinski definition) is 3. The van der Waals surface area contributed by atoms with Gasteiger partial charge in [0.1, 0.15) is 18.6 Å². The van der Waals surface area contributed by atoms with E-state index in [9.17, 15) is 0 Å². The maximum absolute atomic E-state index is 5.97. The molecular formula is C15H13ClNO2. The molecule has 0 heterocycles. The average Bonchev–Trinajstić information content (AvgIpc) is 2.45. The van der Waals surface area contributed by atoms with E-state index in [1.54, 1.807) is 13.2 Å². The second-order valence-electron chi connectivity index (χ2n) is 3.81. The molecule has 2 aromatic carbocycles. The van der Waals surface area contributed by atoms with Gasteiger partial charge in [-0.05, 0) is 23.8 Å². The third-order valence-corrected chi connectivity index (χ3v) is 2.80. The Balaban J connectivity index is 1.91. The fourth-order valence-corrected chi connectivity index (χ4v) is 1.68. The van der Waals surface area contributed by atoms with E-state index in [1.807, 2.05) is 42.5 Å². The standard InChI is InChI=1S/C15H13ClNO2/c1-18-14-7-4-5-12(9-14)11-19-17-10-13-6-2-3-8-15(13)16/h2-9H,11H2,1H3. The van der Waals surface area contributed by atoms with Gasteiger partial charge in [-0.1, -0.05) is 47.1 Å². The lowest BCUT2D eigenvalue weighted by Gasteiger charge is -2.03. The van der Waals surface area contributed by atoms with Crippen LogP contribution in [0.3, 0.4) is 0 Å². The zero-order valence-corrected chi connectivity index (χ0v) is 11.2. The number of benzene rings is 2. The molecule has 0 saturated carbocycles. The van der Waals surface area contributed by atoms with Crippen molar-refractivity contribution in [3.8, 4) is 5.75 Å². The van der Waals surface area contributed by atoms with Crippen LogP contribution in [-0.4, -0.2) is 13.3 Å². The van der Waals surface area contributed by atoms with Crippen molar-refractivity contribution < 1.29 is 9.57 Å². The molecule has 4 heteroatoms. The Kier molecular flexibility index (Phi) is 4.81. The first-order valence-electron chi connectivity index (χ1n) is 5.75. The van der Waals surface area contributed by atoms with E-state index >= 15 is 0 Å². The van der Waals surface area contributed by atoms with E-state index in [0.29, 0.717) is 17.2 Å². The molecule has 2 rings (SSSR count). The van der Waals surface area contributed by atoms with Crippen molar-refractivity contribution in [2.24, 2.45) is 5.16 Å². The van der Waals surface area contributed by atoms with Gasteiger partial charge in [0.25, 0.3) is 0 Å². The molecule has 0 aromatic heterocycles. The van der Waals surface area contributed by atoms with Crippen LogP contribution >= 0.6 is 11.6 Å². The number of rotatable bonds is 5. The summed E-state index contributed by atoms with van der Waals surface area (Å²) in [5.41, 5.74) is 1.68. The Hall–Kier alpha value is -2.00. The van der Waals surface area contributed by atoms with Crippen LogP contribution in [0, 0.1) is 0 Å². The van der Waals surface area contributed by atoms with Crippen LogP contribution in [-0.2, 0) is 11.4 Å². The largest absolute Gasteiger partial charge is 0.497 e. The van der Waals surface area contributed by atoms with Gasteiger partial charge in [-0.3, -0.25) is 0 Å². The summed E-state index contributed by atoms with van der Waals surface area (Å²) in [7, 11) is 1.63. The Morgan fingerprint density at radius 2 is 2.00 bits per heavy atom. The highest BCUT2D eigenvalue weighted by Crippen LogP contribution is 2.14. The maximum atomic E-state index is 5.97. The Bertz CT molecular complexity index is 570. The molecule has 3 nitrogen and oxygen atoms in total. The van der Waals surface area contributed by atoms with E-state index < -0.39 is 0 Å². The van der Waals surface area contributed by atoms with Crippen molar-refractivity contribution in [2.45, 2.75) is 6.61 Å². The van der Waals surface area contributed by atoms with Crippen LogP contribution in [0.25, 0.3) is 0 Å². The smallest absolute Gasteiger partial charge is 0.142 e.